The number of aryl methyl sites for hydroxylation is 1. The van der Waals surface area contributed by atoms with Crippen LogP contribution < -0.4 is 5.32 Å². The number of aromatic nitrogens is 1. The largest absolute Gasteiger partial charge is 0.393 e. The van der Waals surface area contributed by atoms with Crippen LogP contribution in [0.5, 0.6) is 0 Å². The predicted molar refractivity (Wildman–Crippen MR) is 84.7 cm³/mol. The summed E-state index contributed by atoms with van der Waals surface area (Å²) in [5.41, 5.74) is 0.579. The average molecular weight is 314 g/mol. The van der Waals surface area contributed by atoms with Gasteiger partial charge in [-0.2, -0.15) is 0 Å². The monoisotopic (exact) mass is 314 g/mol. The molecule has 21 heavy (non-hydrogen) atoms. The Labute approximate surface area is 130 Å². The standard InChI is InChI=1S/C15H26N2O3S/c1-9(18)7-15(4,5)8-16-13(19)12-10(2)17-14(21-12)11(3)20-6/h9,11,18H,7-8H2,1-6H3,(H,16,19). The number of nitrogens with zero attached hydrogens (tertiary/aromatic N) is 1. The molecule has 0 aliphatic heterocycles. The van der Waals surface area contributed by atoms with Gasteiger partial charge in [-0.15, -0.1) is 11.3 Å². The third-order valence-electron chi connectivity index (χ3n) is 3.30. The predicted octanol–water partition coefficient (Wildman–Crippen LogP) is 2.69. The highest BCUT2D eigenvalue weighted by molar-refractivity contribution is 7.13. The Hall–Kier alpha value is -0.980. The quantitative estimate of drug-likeness (QED) is 0.811. The van der Waals surface area contributed by atoms with Crippen molar-refractivity contribution < 1.29 is 14.6 Å². The zero-order valence-electron chi connectivity index (χ0n) is 13.7. The Bertz CT molecular complexity index is 483. The van der Waals surface area contributed by atoms with Crippen molar-refractivity contribution in [2.24, 2.45) is 5.41 Å². The molecule has 5 nitrogen and oxygen atoms in total. The molecule has 0 radical (unpaired) electrons. The summed E-state index contributed by atoms with van der Waals surface area (Å²) in [6.45, 7) is 10.1. The number of carbonyl (C=O) groups excluding carboxylic acids is 1. The summed E-state index contributed by atoms with van der Waals surface area (Å²) in [5, 5.41) is 13.2. The van der Waals surface area contributed by atoms with Crippen LogP contribution in [0, 0.1) is 12.3 Å². The van der Waals surface area contributed by atoms with Gasteiger partial charge >= 0.3 is 0 Å². The van der Waals surface area contributed by atoms with Crippen LogP contribution >= 0.6 is 11.3 Å². The van der Waals surface area contributed by atoms with E-state index in [0.717, 1.165) is 10.7 Å². The second kappa shape index (κ2) is 7.33. The molecule has 0 fully saturated rings. The summed E-state index contributed by atoms with van der Waals surface area (Å²) in [4.78, 5) is 17.3. The van der Waals surface area contributed by atoms with Crippen molar-refractivity contribution in [1.29, 1.82) is 0 Å². The normalized spacial score (nSPS) is 14.8. The van der Waals surface area contributed by atoms with Crippen LogP contribution in [0.15, 0.2) is 0 Å². The lowest BCUT2D eigenvalue weighted by Crippen LogP contribution is -2.35. The average Bonchev–Trinajstić information content (AvgIpc) is 2.76. The Morgan fingerprint density at radius 3 is 2.62 bits per heavy atom. The first-order valence-corrected chi connectivity index (χ1v) is 7.94. The maximum atomic E-state index is 12.3. The highest BCUT2D eigenvalue weighted by Crippen LogP contribution is 2.26. The van der Waals surface area contributed by atoms with Crippen molar-refractivity contribution in [3.05, 3.63) is 15.6 Å². The van der Waals surface area contributed by atoms with Crippen molar-refractivity contribution >= 4 is 17.2 Å². The zero-order chi connectivity index (χ0) is 16.2. The number of ether oxygens (including phenoxy) is 1. The Morgan fingerprint density at radius 2 is 2.10 bits per heavy atom. The molecule has 0 aliphatic carbocycles. The second-order valence-corrected chi connectivity index (χ2v) is 7.28. The molecule has 2 unspecified atom stereocenters. The molecule has 0 saturated carbocycles. The lowest BCUT2D eigenvalue weighted by molar-refractivity contribution is 0.0905. The lowest BCUT2D eigenvalue weighted by atomic mass is 9.87. The van der Waals surface area contributed by atoms with Crippen LogP contribution in [-0.4, -0.2) is 35.8 Å². The highest BCUT2D eigenvalue weighted by Gasteiger charge is 2.23. The van der Waals surface area contributed by atoms with Crippen LogP contribution in [-0.2, 0) is 4.74 Å². The summed E-state index contributed by atoms with van der Waals surface area (Å²) in [7, 11) is 1.62. The van der Waals surface area contributed by atoms with Crippen LogP contribution in [0.3, 0.4) is 0 Å². The van der Waals surface area contributed by atoms with E-state index < -0.39 is 0 Å². The van der Waals surface area contributed by atoms with Gasteiger partial charge in [-0.05, 0) is 32.6 Å². The van der Waals surface area contributed by atoms with E-state index in [1.807, 2.05) is 27.7 Å². The van der Waals surface area contributed by atoms with Crippen LogP contribution in [0.1, 0.15) is 60.6 Å². The number of rotatable bonds is 7. The summed E-state index contributed by atoms with van der Waals surface area (Å²) in [6, 6.07) is 0. The molecule has 1 heterocycles. The van der Waals surface area contributed by atoms with Crippen LogP contribution in [0.25, 0.3) is 0 Å². The Morgan fingerprint density at radius 1 is 1.48 bits per heavy atom. The number of aliphatic hydroxyl groups is 1. The fourth-order valence-electron chi connectivity index (χ4n) is 2.17. The fourth-order valence-corrected chi connectivity index (χ4v) is 3.19. The minimum atomic E-state index is -0.379. The second-order valence-electron chi connectivity index (χ2n) is 6.24. The maximum absolute atomic E-state index is 12.3. The highest BCUT2D eigenvalue weighted by atomic mass is 32.1. The molecule has 0 aromatic carbocycles. The molecule has 2 N–H and O–H groups in total. The molecular weight excluding hydrogens is 288 g/mol. The SMILES string of the molecule is COC(C)c1nc(C)c(C(=O)NCC(C)(C)CC(C)O)s1. The number of thiazole rings is 1. The van der Waals surface area contributed by atoms with Gasteiger partial charge in [0.05, 0.1) is 11.8 Å². The first kappa shape index (κ1) is 18.1. The molecule has 0 aliphatic rings. The van der Waals surface area contributed by atoms with Gasteiger partial charge in [0.25, 0.3) is 5.91 Å². The molecule has 1 amide bonds. The minimum Gasteiger partial charge on any atom is -0.393 e. The third-order valence-corrected chi connectivity index (χ3v) is 4.61. The van der Waals surface area contributed by atoms with Crippen molar-refractivity contribution in [2.45, 2.75) is 53.2 Å². The van der Waals surface area contributed by atoms with Gasteiger partial charge < -0.3 is 15.2 Å². The van der Waals surface area contributed by atoms with Gasteiger partial charge in [-0.25, -0.2) is 4.98 Å². The Kier molecular flexibility index (Phi) is 6.31. The third kappa shape index (κ3) is 5.37. The molecule has 2 atom stereocenters. The summed E-state index contributed by atoms with van der Waals surface area (Å²) in [6.07, 6.45) is 0.152. The molecule has 1 aromatic rings. The topological polar surface area (TPSA) is 71.5 Å². The molecular formula is C15H26N2O3S. The van der Waals surface area contributed by atoms with Crippen LogP contribution in [0.2, 0.25) is 0 Å². The van der Waals surface area contributed by atoms with E-state index in [0.29, 0.717) is 17.8 Å². The molecule has 0 bridgehead atoms. The van der Waals surface area contributed by atoms with Gasteiger partial charge in [0.15, 0.2) is 0 Å². The molecule has 6 heteroatoms. The number of methoxy groups -OCH3 is 1. The summed E-state index contributed by atoms with van der Waals surface area (Å²) >= 11 is 1.37. The van der Waals surface area contributed by atoms with Crippen molar-refractivity contribution in [3.63, 3.8) is 0 Å². The lowest BCUT2D eigenvalue weighted by Gasteiger charge is -2.26. The molecule has 1 rings (SSSR count). The number of aliphatic hydroxyl groups excluding tert-OH is 1. The van der Waals surface area contributed by atoms with E-state index >= 15 is 0 Å². The molecule has 0 spiro atoms. The van der Waals surface area contributed by atoms with E-state index in [1.165, 1.54) is 11.3 Å². The van der Waals surface area contributed by atoms with E-state index in [4.69, 9.17) is 4.74 Å². The number of hydrogen-bond acceptors (Lipinski definition) is 5. The fraction of sp³-hybridized carbons (Fsp3) is 0.733. The molecule has 120 valence electrons. The zero-order valence-corrected chi connectivity index (χ0v) is 14.5. The number of nitrogens with one attached hydrogen (secondary N) is 1. The molecule has 1 aromatic heterocycles. The van der Waals surface area contributed by atoms with E-state index in [-0.39, 0.29) is 23.5 Å². The van der Waals surface area contributed by atoms with E-state index in [2.05, 4.69) is 10.3 Å². The maximum Gasteiger partial charge on any atom is 0.263 e. The number of amides is 1. The Balaban J connectivity index is 2.70. The number of hydrogen-bond donors (Lipinski definition) is 2. The first-order chi connectivity index (χ1) is 9.66. The van der Waals surface area contributed by atoms with Crippen molar-refractivity contribution in [2.75, 3.05) is 13.7 Å². The number of carbonyl (C=O) groups is 1. The van der Waals surface area contributed by atoms with Gasteiger partial charge in [0.1, 0.15) is 16.0 Å². The van der Waals surface area contributed by atoms with Crippen LogP contribution in [0.4, 0.5) is 0 Å². The first-order valence-electron chi connectivity index (χ1n) is 7.12. The van der Waals surface area contributed by atoms with Gasteiger partial charge in [-0.3, -0.25) is 4.79 Å². The summed E-state index contributed by atoms with van der Waals surface area (Å²) in [5.74, 6) is -0.113. The van der Waals surface area contributed by atoms with E-state index in [9.17, 15) is 9.90 Å². The van der Waals surface area contributed by atoms with E-state index in [1.54, 1.807) is 14.0 Å². The van der Waals surface area contributed by atoms with Gasteiger partial charge in [-0.1, -0.05) is 13.8 Å². The van der Waals surface area contributed by atoms with Crippen molar-refractivity contribution in [3.8, 4) is 0 Å². The van der Waals surface area contributed by atoms with Gasteiger partial charge in [0, 0.05) is 13.7 Å². The van der Waals surface area contributed by atoms with Gasteiger partial charge in [0.2, 0.25) is 0 Å². The molecule has 0 saturated heterocycles. The van der Waals surface area contributed by atoms with Crippen molar-refractivity contribution in [1.82, 2.24) is 10.3 Å². The summed E-state index contributed by atoms with van der Waals surface area (Å²) < 4.78 is 5.23. The smallest absolute Gasteiger partial charge is 0.263 e. The minimum absolute atomic E-state index is 0.109.